The molecule has 0 aliphatic heterocycles. The molecule has 3 unspecified atom stereocenters. The molecule has 1 aliphatic rings. The molecule has 0 spiro atoms. The summed E-state index contributed by atoms with van der Waals surface area (Å²) >= 11 is 1.55. The number of aliphatic carboxylic acids is 1. The first-order valence-electron chi connectivity index (χ1n) is 5.81. The molecule has 0 radical (unpaired) electrons. The average molecular weight is 255 g/mol. The van der Waals surface area contributed by atoms with E-state index in [0.29, 0.717) is 5.92 Å². The maximum absolute atomic E-state index is 11.2. The quantitative estimate of drug-likeness (QED) is 0.892. The lowest BCUT2D eigenvalue weighted by atomic mass is 9.82. The minimum Gasteiger partial charge on any atom is -0.481 e. The summed E-state index contributed by atoms with van der Waals surface area (Å²) in [5.74, 6) is -0.346. The molecule has 1 saturated carbocycles. The zero-order valence-corrected chi connectivity index (χ0v) is 10.9. The third-order valence-electron chi connectivity index (χ3n) is 3.30. The number of hydrogen-bond acceptors (Lipinski definition) is 4. The van der Waals surface area contributed by atoms with Crippen LogP contribution in [0.5, 0.6) is 0 Å². The van der Waals surface area contributed by atoms with Gasteiger partial charge in [0, 0.05) is 12.3 Å². The number of rotatable bonds is 3. The molecule has 1 aliphatic carbocycles. The lowest BCUT2D eigenvalue weighted by Gasteiger charge is -2.31. The van der Waals surface area contributed by atoms with Crippen LogP contribution in [0.3, 0.4) is 0 Å². The summed E-state index contributed by atoms with van der Waals surface area (Å²) in [6.45, 7) is 2.18. The Morgan fingerprint density at radius 3 is 2.94 bits per heavy atom. The fraction of sp³-hybridized carbons (Fsp3) is 0.727. The van der Waals surface area contributed by atoms with Gasteiger partial charge in [-0.1, -0.05) is 18.7 Å². The van der Waals surface area contributed by atoms with Crippen LogP contribution in [0, 0.1) is 11.8 Å². The fourth-order valence-electron chi connectivity index (χ4n) is 2.27. The third-order valence-corrected chi connectivity index (χ3v) is 4.70. The highest BCUT2D eigenvalue weighted by Gasteiger charge is 2.35. The van der Waals surface area contributed by atoms with Gasteiger partial charge < -0.3 is 5.11 Å². The van der Waals surface area contributed by atoms with Gasteiger partial charge in [-0.2, -0.15) is 5.10 Å². The Balaban J connectivity index is 2.10. The first-order chi connectivity index (χ1) is 8.08. The van der Waals surface area contributed by atoms with E-state index in [-0.39, 0.29) is 11.2 Å². The van der Waals surface area contributed by atoms with Crippen molar-refractivity contribution in [3.05, 3.63) is 6.33 Å². The zero-order chi connectivity index (χ0) is 12.4. The molecule has 1 aromatic rings. The van der Waals surface area contributed by atoms with Crippen LogP contribution >= 0.6 is 11.8 Å². The molecule has 6 heteroatoms. The number of nitrogens with zero attached hydrogens (tertiary/aromatic N) is 3. The van der Waals surface area contributed by atoms with Crippen molar-refractivity contribution >= 4 is 17.7 Å². The van der Waals surface area contributed by atoms with E-state index >= 15 is 0 Å². The second-order valence-corrected chi connectivity index (χ2v) is 5.89. The van der Waals surface area contributed by atoms with Gasteiger partial charge in [-0.3, -0.25) is 4.79 Å². The van der Waals surface area contributed by atoms with E-state index in [9.17, 15) is 9.90 Å². The van der Waals surface area contributed by atoms with E-state index in [4.69, 9.17) is 0 Å². The van der Waals surface area contributed by atoms with Crippen LogP contribution in [-0.2, 0) is 11.8 Å². The third kappa shape index (κ3) is 2.80. The Hall–Kier alpha value is -1.04. The van der Waals surface area contributed by atoms with Crippen LogP contribution in [0.15, 0.2) is 11.5 Å². The van der Waals surface area contributed by atoms with Gasteiger partial charge in [0.25, 0.3) is 0 Å². The lowest BCUT2D eigenvalue weighted by molar-refractivity contribution is -0.142. The van der Waals surface area contributed by atoms with Gasteiger partial charge in [0.1, 0.15) is 6.33 Å². The number of hydrogen-bond donors (Lipinski definition) is 1. The normalized spacial score (nSPS) is 29.2. The predicted molar refractivity (Wildman–Crippen MR) is 64.8 cm³/mol. The summed E-state index contributed by atoms with van der Waals surface area (Å²) in [4.78, 5) is 15.4. The smallest absolute Gasteiger partial charge is 0.307 e. The number of carboxylic acids is 1. The van der Waals surface area contributed by atoms with Crippen LogP contribution in [-0.4, -0.2) is 31.1 Å². The summed E-state index contributed by atoms with van der Waals surface area (Å²) in [6, 6.07) is 0. The van der Waals surface area contributed by atoms with Gasteiger partial charge >= 0.3 is 5.97 Å². The molecule has 0 saturated heterocycles. The van der Waals surface area contributed by atoms with Crippen LogP contribution in [0.2, 0.25) is 0 Å². The van der Waals surface area contributed by atoms with Crippen molar-refractivity contribution in [1.29, 1.82) is 0 Å². The molecule has 1 aromatic heterocycles. The molecule has 0 aromatic carbocycles. The van der Waals surface area contributed by atoms with Gasteiger partial charge in [-0.15, -0.1) is 0 Å². The lowest BCUT2D eigenvalue weighted by Crippen LogP contribution is -2.32. The Morgan fingerprint density at radius 2 is 2.35 bits per heavy atom. The average Bonchev–Trinajstić information content (AvgIpc) is 2.64. The van der Waals surface area contributed by atoms with E-state index in [0.717, 1.165) is 24.4 Å². The molecular formula is C11H17N3O2S. The van der Waals surface area contributed by atoms with Crippen molar-refractivity contribution in [2.24, 2.45) is 18.9 Å². The van der Waals surface area contributed by atoms with Gasteiger partial charge in [0.2, 0.25) is 0 Å². The Morgan fingerprint density at radius 1 is 1.59 bits per heavy atom. The molecule has 0 bridgehead atoms. The molecule has 5 nitrogen and oxygen atoms in total. The molecule has 1 fully saturated rings. The van der Waals surface area contributed by atoms with Crippen molar-refractivity contribution < 1.29 is 9.90 Å². The standard InChI is InChI=1S/C11H17N3O2S/c1-7-3-4-8(10(15)16)9(5-7)17-11-12-6-13-14(11)2/h6-9H,3-5H2,1-2H3,(H,15,16). The summed E-state index contributed by atoms with van der Waals surface area (Å²) < 4.78 is 1.70. The van der Waals surface area contributed by atoms with E-state index in [1.165, 1.54) is 6.33 Å². The SMILES string of the molecule is CC1CCC(C(=O)O)C(Sc2ncnn2C)C1. The van der Waals surface area contributed by atoms with Crippen LogP contribution in [0.1, 0.15) is 26.2 Å². The minimum absolute atomic E-state index is 0.110. The predicted octanol–water partition coefficient (Wildman–Crippen LogP) is 1.80. The second-order valence-electron chi connectivity index (χ2n) is 4.69. The molecule has 0 amide bonds. The largest absolute Gasteiger partial charge is 0.481 e. The maximum atomic E-state index is 11.2. The zero-order valence-electron chi connectivity index (χ0n) is 10.0. The molecule has 1 N–H and O–H groups in total. The van der Waals surface area contributed by atoms with Gasteiger partial charge in [0.15, 0.2) is 5.16 Å². The molecular weight excluding hydrogens is 238 g/mol. The van der Waals surface area contributed by atoms with Gasteiger partial charge in [-0.25, -0.2) is 9.67 Å². The Kier molecular flexibility index (Phi) is 3.71. The van der Waals surface area contributed by atoms with Crippen molar-refractivity contribution in [3.63, 3.8) is 0 Å². The molecule has 2 rings (SSSR count). The monoisotopic (exact) mass is 255 g/mol. The van der Waals surface area contributed by atoms with Gasteiger partial charge in [-0.05, 0) is 25.2 Å². The summed E-state index contributed by atoms with van der Waals surface area (Å²) in [6.07, 6.45) is 4.22. The Bertz CT molecular complexity index is 407. The van der Waals surface area contributed by atoms with Crippen LogP contribution in [0.4, 0.5) is 0 Å². The highest BCUT2D eigenvalue weighted by Crippen LogP contribution is 2.39. The minimum atomic E-state index is -0.684. The van der Waals surface area contributed by atoms with E-state index < -0.39 is 5.97 Å². The van der Waals surface area contributed by atoms with Crippen molar-refractivity contribution in [1.82, 2.24) is 14.8 Å². The Labute approximate surface area is 105 Å². The van der Waals surface area contributed by atoms with E-state index in [1.807, 2.05) is 7.05 Å². The van der Waals surface area contributed by atoms with Crippen LogP contribution < -0.4 is 0 Å². The topological polar surface area (TPSA) is 68.0 Å². The fourth-order valence-corrected chi connectivity index (χ4v) is 3.69. The van der Waals surface area contributed by atoms with E-state index in [2.05, 4.69) is 17.0 Å². The van der Waals surface area contributed by atoms with Crippen LogP contribution in [0.25, 0.3) is 0 Å². The van der Waals surface area contributed by atoms with Crippen molar-refractivity contribution in [2.75, 3.05) is 0 Å². The highest BCUT2D eigenvalue weighted by atomic mass is 32.2. The first kappa shape index (κ1) is 12.4. The molecule has 17 heavy (non-hydrogen) atoms. The second kappa shape index (κ2) is 5.08. The highest BCUT2D eigenvalue weighted by molar-refractivity contribution is 7.99. The van der Waals surface area contributed by atoms with Gasteiger partial charge in [0.05, 0.1) is 5.92 Å². The summed E-state index contributed by atoms with van der Waals surface area (Å²) in [5, 5.41) is 14.2. The van der Waals surface area contributed by atoms with Crippen molar-refractivity contribution in [2.45, 2.75) is 36.6 Å². The molecule has 3 atom stereocenters. The van der Waals surface area contributed by atoms with E-state index in [1.54, 1.807) is 16.4 Å². The number of carboxylic acid groups (broad SMARTS) is 1. The summed E-state index contributed by atoms with van der Waals surface area (Å²) in [7, 11) is 1.83. The van der Waals surface area contributed by atoms with Crippen molar-refractivity contribution in [3.8, 4) is 0 Å². The number of aryl methyl sites for hydroxylation is 1. The number of carbonyl (C=O) groups is 1. The number of aromatic nitrogens is 3. The molecule has 1 heterocycles. The summed E-state index contributed by atoms with van der Waals surface area (Å²) in [5.41, 5.74) is 0. The first-order valence-corrected chi connectivity index (χ1v) is 6.69. The molecule has 94 valence electrons. The maximum Gasteiger partial charge on any atom is 0.307 e. The number of thioether (sulfide) groups is 1.